The highest BCUT2D eigenvalue weighted by Crippen LogP contribution is 2.07. The first-order chi connectivity index (χ1) is 11.1. The molecule has 1 N–H and O–H groups in total. The van der Waals surface area contributed by atoms with Gasteiger partial charge in [0, 0.05) is 13.2 Å². The van der Waals surface area contributed by atoms with Crippen LogP contribution in [0.4, 0.5) is 0 Å². The standard InChI is InChI=1S/C13H15N7O3/c1-18-13(22)14-11(16-18)8-20-7-9(15-17-20)6-19-5-3-4-10(19)12(21)23-2/h3-5,7H,6,8H2,1-2H3,(H,14,16,22). The van der Waals surface area contributed by atoms with Crippen molar-refractivity contribution in [2.75, 3.05) is 7.11 Å². The van der Waals surface area contributed by atoms with Crippen molar-refractivity contribution in [1.29, 1.82) is 0 Å². The molecule has 10 nitrogen and oxygen atoms in total. The van der Waals surface area contributed by atoms with Crippen LogP contribution < -0.4 is 5.69 Å². The average Bonchev–Trinajstić information content (AvgIpc) is 3.22. The Morgan fingerprint density at radius 1 is 1.39 bits per heavy atom. The van der Waals surface area contributed by atoms with Crippen molar-refractivity contribution in [2.24, 2.45) is 7.05 Å². The van der Waals surface area contributed by atoms with Crippen molar-refractivity contribution in [1.82, 2.24) is 34.3 Å². The third kappa shape index (κ3) is 3.05. The number of carbonyl (C=O) groups excluding carboxylic acids is 1. The number of hydrogen-bond acceptors (Lipinski definition) is 6. The zero-order chi connectivity index (χ0) is 16.4. The molecule has 0 atom stereocenters. The van der Waals surface area contributed by atoms with Gasteiger partial charge in [0.25, 0.3) is 0 Å². The lowest BCUT2D eigenvalue weighted by atomic mass is 10.4. The predicted octanol–water partition coefficient (Wildman–Crippen LogP) is -0.615. The van der Waals surface area contributed by atoms with Crippen molar-refractivity contribution < 1.29 is 9.53 Å². The maximum atomic E-state index is 11.6. The quantitative estimate of drug-likeness (QED) is 0.628. The summed E-state index contributed by atoms with van der Waals surface area (Å²) in [7, 11) is 2.90. The summed E-state index contributed by atoms with van der Waals surface area (Å²) in [6, 6.07) is 3.43. The van der Waals surface area contributed by atoms with Gasteiger partial charge < -0.3 is 9.30 Å². The number of nitrogens with zero attached hydrogens (tertiary/aromatic N) is 6. The molecule has 0 amide bonds. The largest absolute Gasteiger partial charge is 0.464 e. The molecule has 3 aromatic rings. The summed E-state index contributed by atoms with van der Waals surface area (Å²) in [5, 5.41) is 12.1. The van der Waals surface area contributed by atoms with Crippen LogP contribution in [0.3, 0.4) is 0 Å². The van der Waals surface area contributed by atoms with Gasteiger partial charge in [-0.2, -0.15) is 5.10 Å². The maximum absolute atomic E-state index is 11.6. The number of H-pyrrole nitrogens is 1. The van der Waals surface area contributed by atoms with E-state index in [1.54, 1.807) is 40.8 Å². The molecule has 0 saturated carbocycles. The number of methoxy groups -OCH3 is 1. The second kappa shape index (κ2) is 5.91. The summed E-state index contributed by atoms with van der Waals surface area (Å²) in [5.41, 5.74) is 0.830. The third-order valence-corrected chi connectivity index (χ3v) is 3.27. The third-order valence-electron chi connectivity index (χ3n) is 3.27. The molecular weight excluding hydrogens is 302 g/mol. The van der Waals surface area contributed by atoms with Crippen molar-refractivity contribution in [2.45, 2.75) is 13.1 Å². The van der Waals surface area contributed by atoms with Crippen LogP contribution in [0.15, 0.2) is 29.3 Å². The molecule has 10 heteroatoms. The maximum Gasteiger partial charge on any atom is 0.354 e. The monoisotopic (exact) mass is 317 g/mol. The second-order valence-electron chi connectivity index (χ2n) is 4.92. The number of nitrogens with one attached hydrogen (secondary N) is 1. The fraction of sp³-hybridized carbons (Fsp3) is 0.308. The fourth-order valence-corrected chi connectivity index (χ4v) is 2.19. The number of rotatable bonds is 5. The summed E-state index contributed by atoms with van der Waals surface area (Å²) < 4.78 is 9.23. The Hall–Kier alpha value is -3.17. The zero-order valence-corrected chi connectivity index (χ0v) is 12.6. The van der Waals surface area contributed by atoms with Crippen LogP contribution in [0.25, 0.3) is 0 Å². The molecular formula is C13H15N7O3. The molecule has 23 heavy (non-hydrogen) atoms. The lowest BCUT2D eigenvalue weighted by Gasteiger charge is -2.04. The van der Waals surface area contributed by atoms with E-state index in [1.165, 1.54) is 11.8 Å². The summed E-state index contributed by atoms with van der Waals surface area (Å²) >= 11 is 0. The van der Waals surface area contributed by atoms with E-state index in [1.807, 2.05) is 0 Å². The molecule has 0 fully saturated rings. The molecule has 3 aromatic heterocycles. The van der Waals surface area contributed by atoms with Crippen LogP contribution in [0, 0.1) is 0 Å². The highest BCUT2D eigenvalue weighted by molar-refractivity contribution is 5.87. The number of carbonyl (C=O) groups is 1. The van der Waals surface area contributed by atoms with E-state index in [0.29, 0.717) is 30.3 Å². The van der Waals surface area contributed by atoms with Gasteiger partial charge in [0.1, 0.15) is 17.9 Å². The summed E-state index contributed by atoms with van der Waals surface area (Å²) in [4.78, 5) is 25.6. The minimum atomic E-state index is -0.409. The summed E-state index contributed by atoms with van der Waals surface area (Å²) in [6.07, 6.45) is 3.50. The van der Waals surface area contributed by atoms with E-state index in [0.717, 1.165) is 0 Å². The van der Waals surface area contributed by atoms with Gasteiger partial charge in [0.2, 0.25) is 0 Å². The van der Waals surface area contributed by atoms with E-state index >= 15 is 0 Å². The van der Waals surface area contributed by atoms with Gasteiger partial charge in [-0.05, 0) is 12.1 Å². The lowest BCUT2D eigenvalue weighted by molar-refractivity contribution is 0.0589. The van der Waals surface area contributed by atoms with E-state index < -0.39 is 5.97 Å². The zero-order valence-electron chi connectivity index (χ0n) is 12.6. The lowest BCUT2D eigenvalue weighted by Crippen LogP contribution is -2.13. The predicted molar refractivity (Wildman–Crippen MR) is 77.8 cm³/mol. The summed E-state index contributed by atoms with van der Waals surface area (Å²) in [5.74, 6) is 0.0821. The van der Waals surface area contributed by atoms with Crippen molar-refractivity contribution in [3.63, 3.8) is 0 Å². The Morgan fingerprint density at radius 2 is 2.22 bits per heavy atom. The van der Waals surface area contributed by atoms with E-state index in [9.17, 15) is 9.59 Å². The molecule has 3 heterocycles. The highest BCUT2D eigenvalue weighted by Gasteiger charge is 2.12. The van der Waals surface area contributed by atoms with Gasteiger partial charge in [-0.3, -0.25) is 4.98 Å². The molecule has 0 bridgehead atoms. The Bertz CT molecular complexity index is 885. The Labute approximate surface area is 130 Å². The van der Waals surface area contributed by atoms with Crippen LogP contribution in [0.2, 0.25) is 0 Å². The topological polar surface area (TPSA) is 113 Å². The molecule has 0 aliphatic carbocycles. The Balaban J connectivity index is 1.74. The minimum Gasteiger partial charge on any atom is -0.464 e. The van der Waals surface area contributed by atoms with E-state index in [-0.39, 0.29) is 5.69 Å². The van der Waals surface area contributed by atoms with Gasteiger partial charge >= 0.3 is 11.7 Å². The molecule has 0 spiro atoms. The molecule has 3 rings (SSSR count). The molecule has 0 radical (unpaired) electrons. The Kier molecular flexibility index (Phi) is 3.79. The normalized spacial score (nSPS) is 10.9. The molecule has 0 aromatic carbocycles. The van der Waals surface area contributed by atoms with Crippen LogP contribution in [0.1, 0.15) is 22.0 Å². The molecule has 0 saturated heterocycles. The van der Waals surface area contributed by atoms with Gasteiger partial charge in [0.15, 0.2) is 5.82 Å². The van der Waals surface area contributed by atoms with Gasteiger partial charge in [-0.1, -0.05) is 5.21 Å². The van der Waals surface area contributed by atoms with Crippen LogP contribution in [-0.2, 0) is 24.9 Å². The molecule has 0 aliphatic rings. The second-order valence-corrected chi connectivity index (χ2v) is 4.92. The smallest absolute Gasteiger partial charge is 0.354 e. The Morgan fingerprint density at radius 3 is 2.91 bits per heavy atom. The molecule has 0 aliphatic heterocycles. The highest BCUT2D eigenvalue weighted by atomic mass is 16.5. The number of aromatic amines is 1. The number of esters is 1. The average molecular weight is 317 g/mol. The number of aryl methyl sites for hydroxylation is 1. The minimum absolute atomic E-state index is 0.282. The fourth-order valence-electron chi connectivity index (χ4n) is 2.19. The molecule has 120 valence electrons. The SMILES string of the molecule is COC(=O)c1cccn1Cc1cn(Cc2nn(C)c(=O)[nH]2)nn1. The first-order valence-electron chi connectivity index (χ1n) is 6.81. The van der Waals surface area contributed by atoms with Crippen LogP contribution in [0.5, 0.6) is 0 Å². The number of hydrogen-bond donors (Lipinski definition) is 1. The van der Waals surface area contributed by atoms with Crippen molar-refractivity contribution >= 4 is 5.97 Å². The first-order valence-corrected chi connectivity index (χ1v) is 6.81. The van der Waals surface area contributed by atoms with Gasteiger partial charge in [-0.25, -0.2) is 19.0 Å². The van der Waals surface area contributed by atoms with E-state index in [4.69, 9.17) is 4.74 Å². The summed E-state index contributed by atoms with van der Waals surface area (Å²) in [6.45, 7) is 0.689. The van der Waals surface area contributed by atoms with Crippen molar-refractivity contribution in [3.05, 3.63) is 52.2 Å². The van der Waals surface area contributed by atoms with Crippen LogP contribution in [-0.4, -0.2) is 47.4 Å². The first kappa shape index (κ1) is 14.8. The number of ether oxygens (including phenoxy) is 1. The number of aromatic nitrogens is 7. The van der Waals surface area contributed by atoms with E-state index in [2.05, 4.69) is 20.4 Å². The molecule has 0 unspecified atom stereocenters. The van der Waals surface area contributed by atoms with Crippen molar-refractivity contribution in [3.8, 4) is 0 Å². The van der Waals surface area contributed by atoms with Gasteiger partial charge in [-0.15, -0.1) is 5.10 Å². The van der Waals surface area contributed by atoms with Crippen LogP contribution >= 0.6 is 0 Å². The van der Waals surface area contributed by atoms with Gasteiger partial charge in [0.05, 0.1) is 19.9 Å².